The van der Waals surface area contributed by atoms with E-state index in [1.165, 1.54) is 0 Å². The third-order valence-electron chi connectivity index (χ3n) is 3.56. The molecule has 2 unspecified atom stereocenters. The molecule has 1 aromatic rings. The number of urea groups is 1. The summed E-state index contributed by atoms with van der Waals surface area (Å²) in [6.07, 6.45) is 0.606. The molecule has 2 aliphatic heterocycles. The van der Waals surface area contributed by atoms with E-state index in [9.17, 15) is 13.2 Å². The number of rotatable bonds is 2. The van der Waals surface area contributed by atoms with Gasteiger partial charge in [0.05, 0.1) is 17.5 Å². The lowest BCUT2D eigenvalue weighted by atomic mass is 10.2. The lowest BCUT2D eigenvalue weighted by Gasteiger charge is -2.26. The molecule has 1 aromatic heterocycles. The van der Waals surface area contributed by atoms with Gasteiger partial charge in [0.15, 0.2) is 9.84 Å². The maximum atomic E-state index is 12.0. The summed E-state index contributed by atoms with van der Waals surface area (Å²) in [5.74, 6) is 0.129. The summed E-state index contributed by atoms with van der Waals surface area (Å²) in [6, 6.07) is 3.64. The minimum atomic E-state index is -2.93. The second-order valence-electron chi connectivity index (χ2n) is 4.73. The van der Waals surface area contributed by atoms with Crippen molar-refractivity contribution in [1.82, 2.24) is 10.2 Å². The van der Waals surface area contributed by atoms with E-state index >= 15 is 0 Å². The van der Waals surface area contributed by atoms with Crippen molar-refractivity contribution in [1.29, 1.82) is 0 Å². The molecule has 5 nitrogen and oxygen atoms in total. The van der Waals surface area contributed by atoms with Gasteiger partial charge in [0.25, 0.3) is 0 Å². The molecule has 98 valence electrons. The van der Waals surface area contributed by atoms with Gasteiger partial charge in [0.1, 0.15) is 0 Å². The van der Waals surface area contributed by atoms with Crippen molar-refractivity contribution in [2.45, 2.75) is 24.3 Å². The molecule has 3 rings (SSSR count). The molecule has 0 aromatic carbocycles. The first-order chi connectivity index (χ1) is 8.56. The molecule has 2 bridgehead atoms. The molecule has 2 saturated heterocycles. The molecule has 2 fully saturated rings. The standard InChI is InChI=1S/C11H14N2O3S2/c14-11(12-5-9-2-1-3-17-9)13-6-10-4-8(13)7-18(10,15)16/h1-3,8,10H,4-7H2,(H,12,14). The van der Waals surface area contributed by atoms with Crippen LogP contribution in [-0.4, -0.2) is 42.9 Å². The fourth-order valence-electron chi connectivity index (χ4n) is 2.62. The van der Waals surface area contributed by atoms with Crippen LogP contribution in [0.25, 0.3) is 0 Å². The quantitative estimate of drug-likeness (QED) is 0.875. The van der Waals surface area contributed by atoms with E-state index in [0.717, 1.165) is 4.88 Å². The van der Waals surface area contributed by atoms with Crippen LogP contribution in [0, 0.1) is 0 Å². The zero-order valence-corrected chi connectivity index (χ0v) is 11.3. The Labute approximate surface area is 110 Å². The molecule has 2 atom stereocenters. The Bertz CT molecular complexity index is 553. The van der Waals surface area contributed by atoms with E-state index in [4.69, 9.17) is 0 Å². The topological polar surface area (TPSA) is 66.5 Å². The predicted molar refractivity (Wildman–Crippen MR) is 69.2 cm³/mol. The van der Waals surface area contributed by atoms with Gasteiger partial charge in [-0.1, -0.05) is 6.07 Å². The highest BCUT2D eigenvalue weighted by atomic mass is 32.2. The number of amides is 2. The van der Waals surface area contributed by atoms with Crippen LogP contribution < -0.4 is 5.32 Å². The van der Waals surface area contributed by atoms with Crippen molar-refractivity contribution < 1.29 is 13.2 Å². The minimum absolute atomic E-state index is 0.122. The summed E-state index contributed by atoms with van der Waals surface area (Å²) in [6.45, 7) is 0.862. The van der Waals surface area contributed by atoms with E-state index in [1.54, 1.807) is 16.2 Å². The molecule has 1 N–H and O–H groups in total. The van der Waals surface area contributed by atoms with Gasteiger partial charge in [0, 0.05) is 17.5 Å². The van der Waals surface area contributed by atoms with Gasteiger partial charge in [-0.3, -0.25) is 0 Å². The lowest BCUT2D eigenvalue weighted by Crippen LogP contribution is -2.48. The number of sulfone groups is 1. The lowest BCUT2D eigenvalue weighted by molar-refractivity contribution is 0.195. The highest BCUT2D eigenvalue weighted by Crippen LogP contribution is 2.32. The highest BCUT2D eigenvalue weighted by molar-refractivity contribution is 7.92. The summed E-state index contributed by atoms with van der Waals surface area (Å²) < 4.78 is 23.2. The fraction of sp³-hybridized carbons (Fsp3) is 0.545. The maximum absolute atomic E-state index is 12.0. The number of carbonyl (C=O) groups is 1. The summed E-state index contributed by atoms with van der Waals surface area (Å²) in [7, 11) is -2.93. The first-order valence-electron chi connectivity index (χ1n) is 5.85. The largest absolute Gasteiger partial charge is 0.333 e. The third kappa shape index (κ3) is 2.01. The number of nitrogens with one attached hydrogen (secondary N) is 1. The molecule has 0 aliphatic carbocycles. The van der Waals surface area contributed by atoms with Crippen LogP contribution in [0.1, 0.15) is 11.3 Å². The first kappa shape index (κ1) is 12.0. The molecular formula is C11H14N2O3S2. The number of hydrogen-bond acceptors (Lipinski definition) is 4. The van der Waals surface area contributed by atoms with Gasteiger partial charge in [-0.15, -0.1) is 11.3 Å². The van der Waals surface area contributed by atoms with Crippen LogP contribution in [0.4, 0.5) is 4.79 Å². The van der Waals surface area contributed by atoms with E-state index in [1.807, 2.05) is 17.5 Å². The Kier molecular flexibility index (Phi) is 2.82. The Balaban J connectivity index is 1.59. The number of hydrogen-bond donors (Lipinski definition) is 1. The van der Waals surface area contributed by atoms with E-state index in [0.29, 0.717) is 19.5 Å². The summed E-state index contributed by atoms with van der Waals surface area (Å²) in [5, 5.41) is 4.47. The highest BCUT2D eigenvalue weighted by Gasteiger charge is 2.49. The van der Waals surface area contributed by atoms with Crippen molar-refractivity contribution in [3.8, 4) is 0 Å². The third-order valence-corrected chi connectivity index (χ3v) is 6.65. The molecule has 0 spiro atoms. The van der Waals surface area contributed by atoms with Crippen LogP contribution in [0.3, 0.4) is 0 Å². The summed E-state index contributed by atoms with van der Waals surface area (Å²) in [5.41, 5.74) is 0. The summed E-state index contributed by atoms with van der Waals surface area (Å²) in [4.78, 5) is 14.7. The summed E-state index contributed by atoms with van der Waals surface area (Å²) >= 11 is 1.59. The zero-order valence-electron chi connectivity index (χ0n) is 9.70. The molecule has 7 heteroatoms. The number of likely N-dealkylation sites (tertiary alicyclic amines) is 1. The second kappa shape index (κ2) is 4.24. The average molecular weight is 286 g/mol. The molecule has 0 radical (unpaired) electrons. The Morgan fingerprint density at radius 1 is 1.56 bits per heavy atom. The zero-order chi connectivity index (χ0) is 12.8. The van der Waals surface area contributed by atoms with Crippen molar-refractivity contribution in [2.75, 3.05) is 12.3 Å². The molecule has 0 saturated carbocycles. The minimum Gasteiger partial charge on any atom is -0.333 e. The molecule has 3 heterocycles. The van der Waals surface area contributed by atoms with Crippen LogP contribution in [-0.2, 0) is 16.4 Å². The number of carbonyl (C=O) groups excluding carboxylic acids is 1. The van der Waals surface area contributed by atoms with Crippen molar-refractivity contribution in [3.05, 3.63) is 22.4 Å². The smallest absolute Gasteiger partial charge is 0.318 e. The van der Waals surface area contributed by atoms with Gasteiger partial charge in [-0.25, -0.2) is 13.2 Å². The van der Waals surface area contributed by atoms with Crippen LogP contribution in [0.2, 0.25) is 0 Å². The Morgan fingerprint density at radius 3 is 2.94 bits per heavy atom. The van der Waals surface area contributed by atoms with Crippen LogP contribution in [0.5, 0.6) is 0 Å². The van der Waals surface area contributed by atoms with Crippen LogP contribution >= 0.6 is 11.3 Å². The van der Waals surface area contributed by atoms with Crippen molar-refractivity contribution in [3.63, 3.8) is 0 Å². The normalized spacial score (nSPS) is 28.6. The number of nitrogens with zero attached hydrogens (tertiary/aromatic N) is 1. The van der Waals surface area contributed by atoms with E-state index < -0.39 is 9.84 Å². The van der Waals surface area contributed by atoms with Gasteiger partial charge < -0.3 is 10.2 Å². The molecule has 2 amide bonds. The second-order valence-corrected chi connectivity index (χ2v) is 8.09. The monoisotopic (exact) mass is 286 g/mol. The Morgan fingerprint density at radius 2 is 2.39 bits per heavy atom. The van der Waals surface area contributed by atoms with Crippen molar-refractivity contribution >= 4 is 27.2 Å². The SMILES string of the molecule is O=C(NCc1cccs1)N1CC2CC1CS2(=O)=O. The van der Waals surface area contributed by atoms with E-state index in [2.05, 4.69) is 5.32 Å². The Hall–Kier alpha value is -1.08. The molecule has 18 heavy (non-hydrogen) atoms. The number of fused-ring (bicyclic) bond motifs is 2. The first-order valence-corrected chi connectivity index (χ1v) is 8.44. The molecular weight excluding hydrogens is 272 g/mol. The predicted octanol–water partition coefficient (Wildman–Crippen LogP) is 0.829. The molecule has 2 aliphatic rings. The van der Waals surface area contributed by atoms with Gasteiger partial charge in [0.2, 0.25) is 0 Å². The van der Waals surface area contributed by atoms with Crippen molar-refractivity contribution in [2.24, 2.45) is 0 Å². The van der Waals surface area contributed by atoms with Gasteiger partial charge >= 0.3 is 6.03 Å². The number of thiophene rings is 1. The van der Waals surface area contributed by atoms with Gasteiger partial charge in [-0.2, -0.15) is 0 Å². The van der Waals surface area contributed by atoms with Gasteiger partial charge in [-0.05, 0) is 17.9 Å². The maximum Gasteiger partial charge on any atom is 0.318 e. The average Bonchev–Trinajstić information content (AvgIpc) is 2.98. The van der Waals surface area contributed by atoms with E-state index in [-0.39, 0.29) is 23.1 Å². The van der Waals surface area contributed by atoms with Crippen LogP contribution in [0.15, 0.2) is 17.5 Å². The fourth-order valence-corrected chi connectivity index (χ4v) is 5.29.